The van der Waals surface area contributed by atoms with Gasteiger partial charge in [-0.15, -0.1) is 0 Å². The molecule has 0 amide bonds. The fraction of sp³-hybridized carbons (Fsp3) is 0.250. The number of aromatic nitrogens is 4. The molecule has 0 atom stereocenters. The van der Waals surface area contributed by atoms with Gasteiger partial charge in [0, 0.05) is 13.1 Å². The zero-order valence-corrected chi connectivity index (χ0v) is 15.2. The molecule has 3 aromatic heterocycles. The molecule has 0 spiro atoms. The number of benzene rings is 1. The fourth-order valence-corrected chi connectivity index (χ4v) is 3.09. The lowest BCUT2D eigenvalue weighted by atomic mass is 10.1. The van der Waals surface area contributed by atoms with Gasteiger partial charge in [0.2, 0.25) is 5.95 Å². The van der Waals surface area contributed by atoms with Gasteiger partial charge in [-0.1, -0.05) is 37.3 Å². The van der Waals surface area contributed by atoms with E-state index >= 15 is 0 Å². The van der Waals surface area contributed by atoms with E-state index in [9.17, 15) is 0 Å². The number of nitrogen functional groups attached to an aromatic ring is 1. The Morgan fingerprint density at radius 1 is 1.07 bits per heavy atom. The van der Waals surface area contributed by atoms with Gasteiger partial charge in [0.1, 0.15) is 0 Å². The molecular formula is C20H22N6O. The van der Waals surface area contributed by atoms with Crippen LogP contribution in [0.2, 0.25) is 0 Å². The average Bonchev–Trinajstić information content (AvgIpc) is 3.32. The molecule has 0 aliphatic carbocycles. The zero-order valence-electron chi connectivity index (χ0n) is 15.2. The smallest absolute Gasteiger partial charge is 0.226 e. The third-order valence-electron chi connectivity index (χ3n) is 4.35. The lowest BCUT2D eigenvalue weighted by Crippen LogP contribution is -2.10. The third kappa shape index (κ3) is 3.48. The highest BCUT2D eigenvalue weighted by molar-refractivity contribution is 5.86. The molecule has 0 radical (unpaired) electrons. The van der Waals surface area contributed by atoms with Gasteiger partial charge < -0.3 is 20.0 Å². The molecule has 0 saturated heterocycles. The monoisotopic (exact) mass is 362 g/mol. The Balaban J connectivity index is 1.64. The normalized spacial score (nSPS) is 11.1. The van der Waals surface area contributed by atoms with Gasteiger partial charge in [-0.3, -0.25) is 0 Å². The molecule has 3 N–H and O–H groups in total. The first-order valence-electron chi connectivity index (χ1n) is 9.11. The quantitative estimate of drug-likeness (QED) is 0.520. The maximum atomic E-state index is 6.17. The number of hydrogen-bond donors (Lipinski definition) is 2. The maximum absolute atomic E-state index is 6.17. The predicted octanol–water partition coefficient (Wildman–Crippen LogP) is 3.73. The highest BCUT2D eigenvalue weighted by atomic mass is 16.3. The molecule has 4 rings (SSSR count). The van der Waals surface area contributed by atoms with Crippen LogP contribution >= 0.6 is 0 Å². The first-order chi connectivity index (χ1) is 13.3. The molecule has 4 aromatic rings. The minimum Gasteiger partial charge on any atom is -0.461 e. The van der Waals surface area contributed by atoms with Crippen LogP contribution < -0.4 is 11.1 Å². The van der Waals surface area contributed by atoms with Crippen LogP contribution in [0.5, 0.6) is 0 Å². The highest BCUT2D eigenvalue weighted by Gasteiger charge is 2.18. The Kier molecular flexibility index (Phi) is 4.74. The van der Waals surface area contributed by atoms with Crippen molar-refractivity contribution in [2.45, 2.75) is 26.3 Å². The largest absolute Gasteiger partial charge is 0.461 e. The molecule has 0 fully saturated rings. The number of fused-ring (bicyclic) bond motifs is 1. The highest BCUT2D eigenvalue weighted by Crippen LogP contribution is 2.27. The third-order valence-corrected chi connectivity index (χ3v) is 4.35. The van der Waals surface area contributed by atoms with Crippen molar-refractivity contribution in [3.63, 3.8) is 0 Å². The van der Waals surface area contributed by atoms with E-state index in [1.807, 2.05) is 34.9 Å². The van der Waals surface area contributed by atoms with Gasteiger partial charge in [-0.05, 0) is 30.5 Å². The van der Waals surface area contributed by atoms with E-state index < -0.39 is 0 Å². The SMILES string of the molecule is CCCn1c(-c2ccco2)nc2c(N)nc(NCCc3ccccc3)nc21. The van der Waals surface area contributed by atoms with Crippen LogP contribution in [0.1, 0.15) is 18.9 Å². The summed E-state index contributed by atoms with van der Waals surface area (Å²) in [4.78, 5) is 13.7. The average molecular weight is 362 g/mol. The number of nitrogens with two attached hydrogens (primary N) is 1. The van der Waals surface area contributed by atoms with Gasteiger partial charge in [0.15, 0.2) is 28.6 Å². The van der Waals surface area contributed by atoms with Crippen LogP contribution in [-0.2, 0) is 13.0 Å². The lowest BCUT2D eigenvalue weighted by Gasteiger charge is -2.08. The van der Waals surface area contributed by atoms with E-state index in [-0.39, 0.29) is 0 Å². The Labute approximate surface area is 157 Å². The van der Waals surface area contributed by atoms with E-state index in [1.54, 1.807) is 6.26 Å². The Bertz CT molecular complexity index is 1020. The van der Waals surface area contributed by atoms with Crippen molar-refractivity contribution in [1.82, 2.24) is 19.5 Å². The fourth-order valence-electron chi connectivity index (χ4n) is 3.09. The number of imidazole rings is 1. The van der Waals surface area contributed by atoms with E-state index in [1.165, 1.54) is 5.56 Å². The number of nitrogens with zero attached hydrogens (tertiary/aromatic N) is 4. The Morgan fingerprint density at radius 3 is 2.67 bits per heavy atom. The van der Waals surface area contributed by atoms with E-state index in [0.29, 0.717) is 23.0 Å². The van der Waals surface area contributed by atoms with E-state index in [4.69, 9.17) is 10.2 Å². The van der Waals surface area contributed by atoms with Crippen LogP contribution in [0.25, 0.3) is 22.7 Å². The van der Waals surface area contributed by atoms with Gasteiger partial charge in [-0.2, -0.15) is 9.97 Å². The lowest BCUT2D eigenvalue weighted by molar-refractivity contribution is 0.568. The second kappa shape index (κ2) is 7.49. The molecule has 27 heavy (non-hydrogen) atoms. The molecular weight excluding hydrogens is 340 g/mol. The summed E-state index contributed by atoms with van der Waals surface area (Å²) in [7, 11) is 0. The molecule has 0 saturated carbocycles. The standard InChI is InChI=1S/C20H22N6O/c1-2-12-26-18(15-9-6-13-27-15)23-16-17(21)24-20(25-19(16)26)22-11-10-14-7-4-3-5-8-14/h3-9,13H,2,10-12H2,1H3,(H3,21,22,24,25). The zero-order chi connectivity index (χ0) is 18.6. The van der Waals surface area contributed by atoms with Gasteiger partial charge in [0.05, 0.1) is 6.26 Å². The number of furan rings is 1. The van der Waals surface area contributed by atoms with Crippen molar-refractivity contribution in [3.05, 3.63) is 54.3 Å². The summed E-state index contributed by atoms with van der Waals surface area (Å²) in [5, 5.41) is 3.27. The summed E-state index contributed by atoms with van der Waals surface area (Å²) < 4.78 is 7.57. The van der Waals surface area contributed by atoms with Gasteiger partial charge >= 0.3 is 0 Å². The maximum Gasteiger partial charge on any atom is 0.226 e. The molecule has 7 heteroatoms. The van der Waals surface area contributed by atoms with E-state index in [2.05, 4.69) is 39.3 Å². The Hall–Kier alpha value is -3.35. The first kappa shape index (κ1) is 17.1. The number of rotatable bonds is 7. The van der Waals surface area contributed by atoms with Crippen LogP contribution in [0.3, 0.4) is 0 Å². The summed E-state index contributed by atoms with van der Waals surface area (Å²) in [5.41, 5.74) is 8.75. The second-order valence-corrected chi connectivity index (χ2v) is 6.33. The summed E-state index contributed by atoms with van der Waals surface area (Å²) in [5.74, 6) is 2.29. The molecule has 3 heterocycles. The van der Waals surface area contributed by atoms with Crippen molar-refractivity contribution in [2.75, 3.05) is 17.6 Å². The number of aryl methyl sites for hydroxylation is 1. The summed E-state index contributed by atoms with van der Waals surface area (Å²) >= 11 is 0. The van der Waals surface area contributed by atoms with Crippen molar-refractivity contribution in [2.24, 2.45) is 0 Å². The van der Waals surface area contributed by atoms with E-state index in [0.717, 1.165) is 37.4 Å². The van der Waals surface area contributed by atoms with Crippen molar-refractivity contribution >= 4 is 22.9 Å². The second-order valence-electron chi connectivity index (χ2n) is 6.33. The van der Waals surface area contributed by atoms with Crippen molar-refractivity contribution in [1.29, 1.82) is 0 Å². The number of nitrogens with one attached hydrogen (secondary N) is 1. The molecule has 138 valence electrons. The van der Waals surface area contributed by atoms with Crippen LogP contribution in [0.4, 0.5) is 11.8 Å². The summed E-state index contributed by atoms with van der Waals surface area (Å²) in [6, 6.07) is 14.0. The summed E-state index contributed by atoms with van der Waals surface area (Å²) in [6.07, 6.45) is 3.46. The topological polar surface area (TPSA) is 94.8 Å². The number of hydrogen-bond acceptors (Lipinski definition) is 6. The summed E-state index contributed by atoms with van der Waals surface area (Å²) in [6.45, 7) is 3.61. The first-order valence-corrected chi connectivity index (χ1v) is 9.11. The molecule has 1 aromatic carbocycles. The van der Waals surface area contributed by atoms with Crippen LogP contribution in [0.15, 0.2) is 53.1 Å². The van der Waals surface area contributed by atoms with Crippen LogP contribution in [-0.4, -0.2) is 26.1 Å². The van der Waals surface area contributed by atoms with Gasteiger partial charge in [0.25, 0.3) is 0 Å². The number of anilines is 2. The van der Waals surface area contributed by atoms with Crippen molar-refractivity contribution in [3.8, 4) is 11.6 Å². The Morgan fingerprint density at radius 2 is 1.93 bits per heavy atom. The minimum absolute atomic E-state index is 0.366. The molecule has 0 bridgehead atoms. The van der Waals surface area contributed by atoms with Gasteiger partial charge in [-0.25, -0.2) is 4.98 Å². The molecule has 0 aliphatic rings. The van der Waals surface area contributed by atoms with Crippen LogP contribution in [0, 0.1) is 0 Å². The van der Waals surface area contributed by atoms with Crippen molar-refractivity contribution < 1.29 is 4.42 Å². The molecule has 0 aliphatic heterocycles. The molecule has 0 unspecified atom stereocenters. The predicted molar refractivity (Wildman–Crippen MR) is 106 cm³/mol. The molecule has 7 nitrogen and oxygen atoms in total. The minimum atomic E-state index is 0.366.